The van der Waals surface area contributed by atoms with Crippen molar-refractivity contribution in [3.05, 3.63) is 74.8 Å². The number of anilines is 1. The lowest BCUT2D eigenvalue weighted by Crippen LogP contribution is -2.17. The van der Waals surface area contributed by atoms with E-state index in [-0.39, 0.29) is 5.91 Å². The van der Waals surface area contributed by atoms with Crippen molar-refractivity contribution >= 4 is 40.6 Å². The molecule has 0 spiro atoms. The summed E-state index contributed by atoms with van der Waals surface area (Å²) in [6, 6.07) is 9.03. The highest BCUT2D eigenvalue weighted by molar-refractivity contribution is 6.35. The Morgan fingerprint density at radius 1 is 1.13 bits per heavy atom. The minimum absolute atomic E-state index is 0.0977. The predicted molar refractivity (Wildman–Crippen MR) is 122 cm³/mol. The molecule has 0 aliphatic carbocycles. The Bertz CT molecular complexity index is 1280. The SMILES string of the molecule is Cc1cc2nc(C)c(CCC(=O)Nc3ccnn3Cc3ccc(Cl)cc3Cl)c(C)n2n1. The van der Waals surface area contributed by atoms with Crippen molar-refractivity contribution in [3.63, 3.8) is 0 Å². The number of aryl methyl sites for hydroxylation is 3. The molecule has 0 aliphatic rings. The molecular formula is C22H22Cl2N6O. The van der Waals surface area contributed by atoms with Crippen LogP contribution < -0.4 is 5.32 Å². The standard InChI is InChI=1S/C22H22Cl2N6O/c1-13-10-21-26-14(2)18(15(3)30(21)28-13)6-7-22(31)27-20-8-9-25-29(20)12-16-4-5-17(23)11-19(16)24/h4-5,8-11H,6-7,12H2,1-3H3,(H,27,31). The van der Waals surface area contributed by atoms with Crippen molar-refractivity contribution in [3.8, 4) is 0 Å². The van der Waals surface area contributed by atoms with E-state index in [2.05, 4.69) is 20.5 Å². The second-order valence-corrected chi connectivity index (χ2v) is 8.32. The average Bonchev–Trinajstić information content (AvgIpc) is 3.29. The molecule has 0 radical (unpaired) electrons. The smallest absolute Gasteiger partial charge is 0.225 e. The molecule has 1 aromatic carbocycles. The highest BCUT2D eigenvalue weighted by Gasteiger charge is 2.14. The van der Waals surface area contributed by atoms with Gasteiger partial charge in [-0.15, -0.1) is 0 Å². The van der Waals surface area contributed by atoms with Crippen LogP contribution in [0, 0.1) is 20.8 Å². The third-order valence-corrected chi connectivity index (χ3v) is 5.79. The van der Waals surface area contributed by atoms with Gasteiger partial charge in [0.2, 0.25) is 5.91 Å². The van der Waals surface area contributed by atoms with Gasteiger partial charge in [-0.25, -0.2) is 14.2 Å². The summed E-state index contributed by atoms with van der Waals surface area (Å²) in [5.41, 5.74) is 5.56. The lowest BCUT2D eigenvalue weighted by molar-refractivity contribution is -0.116. The molecule has 7 nitrogen and oxygen atoms in total. The lowest BCUT2D eigenvalue weighted by Gasteiger charge is -2.12. The van der Waals surface area contributed by atoms with Crippen LogP contribution in [-0.4, -0.2) is 30.3 Å². The van der Waals surface area contributed by atoms with Crippen LogP contribution in [0.1, 0.15) is 34.6 Å². The van der Waals surface area contributed by atoms with Gasteiger partial charge in [0.05, 0.1) is 18.4 Å². The Morgan fingerprint density at radius 3 is 2.71 bits per heavy atom. The number of nitrogens with one attached hydrogen (secondary N) is 1. The number of carbonyl (C=O) groups excluding carboxylic acids is 1. The van der Waals surface area contributed by atoms with Crippen LogP contribution in [0.3, 0.4) is 0 Å². The zero-order chi connectivity index (χ0) is 22.1. The van der Waals surface area contributed by atoms with Crippen molar-refractivity contribution in [2.75, 3.05) is 5.32 Å². The van der Waals surface area contributed by atoms with Gasteiger partial charge in [-0.2, -0.15) is 10.2 Å². The van der Waals surface area contributed by atoms with Crippen molar-refractivity contribution in [1.29, 1.82) is 0 Å². The number of carbonyl (C=O) groups is 1. The maximum atomic E-state index is 12.7. The maximum absolute atomic E-state index is 12.7. The second-order valence-electron chi connectivity index (χ2n) is 7.47. The minimum atomic E-state index is -0.0977. The summed E-state index contributed by atoms with van der Waals surface area (Å²) in [7, 11) is 0. The molecule has 0 bridgehead atoms. The monoisotopic (exact) mass is 456 g/mol. The summed E-state index contributed by atoms with van der Waals surface area (Å²) >= 11 is 12.2. The molecule has 31 heavy (non-hydrogen) atoms. The Hall–Kier alpha value is -2.90. The van der Waals surface area contributed by atoms with E-state index in [0.29, 0.717) is 35.2 Å². The van der Waals surface area contributed by atoms with E-state index < -0.39 is 0 Å². The number of halogens is 2. The van der Waals surface area contributed by atoms with Gasteiger partial charge in [-0.05, 0) is 50.5 Å². The summed E-state index contributed by atoms with van der Waals surface area (Å²) in [5.74, 6) is 0.514. The highest BCUT2D eigenvalue weighted by atomic mass is 35.5. The molecule has 3 aromatic heterocycles. The third-order valence-electron chi connectivity index (χ3n) is 5.21. The van der Waals surface area contributed by atoms with Crippen molar-refractivity contribution in [2.24, 2.45) is 0 Å². The minimum Gasteiger partial charge on any atom is -0.311 e. The Kier molecular flexibility index (Phi) is 5.98. The van der Waals surface area contributed by atoms with Gasteiger partial charge in [0.1, 0.15) is 5.82 Å². The molecule has 1 amide bonds. The first-order chi connectivity index (χ1) is 14.8. The maximum Gasteiger partial charge on any atom is 0.225 e. The first-order valence-electron chi connectivity index (χ1n) is 9.90. The van der Waals surface area contributed by atoms with Gasteiger partial charge in [0.25, 0.3) is 0 Å². The van der Waals surface area contributed by atoms with Gasteiger partial charge < -0.3 is 5.32 Å². The van der Waals surface area contributed by atoms with Gasteiger partial charge in [-0.3, -0.25) is 4.79 Å². The van der Waals surface area contributed by atoms with Gasteiger partial charge in [-0.1, -0.05) is 29.3 Å². The third kappa shape index (κ3) is 4.57. The van der Waals surface area contributed by atoms with Crippen molar-refractivity contribution < 1.29 is 4.79 Å². The number of rotatable bonds is 6. The van der Waals surface area contributed by atoms with E-state index in [1.165, 1.54) is 0 Å². The molecular weight excluding hydrogens is 435 g/mol. The topological polar surface area (TPSA) is 77.1 Å². The van der Waals surface area contributed by atoms with Crippen LogP contribution in [0.2, 0.25) is 10.0 Å². The van der Waals surface area contributed by atoms with Crippen LogP contribution in [0.15, 0.2) is 36.5 Å². The average molecular weight is 457 g/mol. The van der Waals surface area contributed by atoms with Crippen LogP contribution in [0.5, 0.6) is 0 Å². The van der Waals surface area contributed by atoms with E-state index in [1.54, 1.807) is 29.1 Å². The van der Waals surface area contributed by atoms with Crippen LogP contribution in [0.25, 0.3) is 5.65 Å². The molecule has 0 aliphatic heterocycles. The Balaban J connectivity index is 1.45. The number of benzene rings is 1. The van der Waals surface area contributed by atoms with E-state index in [9.17, 15) is 4.79 Å². The van der Waals surface area contributed by atoms with Crippen molar-refractivity contribution in [1.82, 2.24) is 24.4 Å². The Morgan fingerprint density at radius 2 is 1.94 bits per heavy atom. The first kappa shape index (κ1) is 21.3. The number of aromatic nitrogens is 5. The first-order valence-corrected chi connectivity index (χ1v) is 10.7. The number of nitrogens with zero attached hydrogens (tertiary/aromatic N) is 5. The number of hydrogen-bond donors (Lipinski definition) is 1. The Labute approximate surface area is 190 Å². The molecule has 0 saturated carbocycles. The molecule has 4 aromatic rings. The van der Waals surface area contributed by atoms with E-state index >= 15 is 0 Å². The zero-order valence-electron chi connectivity index (χ0n) is 17.5. The largest absolute Gasteiger partial charge is 0.311 e. The molecule has 160 valence electrons. The summed E-state index contributed by atoms with van der Waals surface area (Å²) in [6.07, 6.45) is 2.54. The second kappa shape index (κ2) is 8.69. The molecule has 0 saturated heterocycles. The van der Waals surface area contributed by atoms with E-state index in [0.717, 1.165) is 33.9 Å². The van der Waals surface area contributed by atoms with Gasteiger partial charge >= 0.3 is 0 Å². The molecule has 3 heterocycles. The molecule has 0 unspecified atom stereocenters. The van der Waals surface area contributed by atoms with Gasteiger partial charge in [0, 0.05) is 40.0 Å². The summed E-state index contributed by atoms with van der Waals surface area (Å²) in [4.78, 5) is 17.3. The summed E-state index contributed by atoms with van der Waals surface area (Å²) < 4.78 is 3.53. The predicted octanol–water partition coefficient (Wildman–Crippen LogP) is 4.78. The fourth-order valence-electron chi connectivity index (χ4n) is 3.62. The molecule has 0 fully saturated rings. The van der Waals surface area contributed by atoms with E-state index in [1.807, 2.05) is 37.4 Å². The van der Waals surface area contributed by atoms with Crippen LogP contribution in [-0.2, 0) is 17.8 Å². The molecule has 4 rings (SSSR count). The molecule has 0 atom stereocenters. The molecule has 1 N–H and O–H groups in total. The highest BCUT2D eigenvalue weighted by Crippen LogP contribution is 2.23. The number of amides is 1. The zero-order valence-corrected chi connectivity index (χ0v) is 19.0. The fourth-order valence-corrected chi connectivity index (χ4v) is 4.09. The summed E-state index contributed by atoms with van der Waals surface area (Å²) in [6.45, 7) is 6.34. The fraction of sp³-hybridized carbons (Fsp3) is 0.273. The van der Waals surface area contributed by atoms with Gasteiger partial charge in [0.15, 0.2) is 5.65 Å². The number of fused-ring (bicyclic) bond motifs is 1. The normalized spacial score (nSPS) is 11.3. The molecule has 9 heteroatoms. The summed E-state index contributed by atoms with van der Waals surface area (Å²) in [5, 5.41) is 12.9. The quantitative estimate of drug-likeness (QED) is 0.452. The van der Waals surface area contributed by atoms with Crippen LogP contribution in [0.4, 0.5) is 5.82 Å². The van der Waals surface area contributed by atoms with Crippen molar-refractivity contribution in [2.45, 2.75) is 40.2 Å². The lowest BCUT2D eigenvalue weighted by atomic mass is 10.1. The van der Waals surface area contributed by atoms with Crippen LogP contribution >= 0.6 is 23.2 Å². The van der Waals surface area contributed by atoms with E-state index in [4.69, 9.17) is 23.2 Å². The number of hydrogen-bond acceptors (Lipinski definition) is 4.